The Morgan fingerprint density at radius 2 is 1.45 bits per heavy atom. The first-order chi connectivity index (χ1) is 10.7. The van der Waals surface area contributed by atoms with Gasteiger partial charge in [-0.3, -0.25) is 0 Å². The molecule has 0 aromatic heterocycles. The molecular weight excluding hydrogens is 398 g/mol. The Morgan fingerprint density at radius 3 is 1.82 bits per heavy atom. The molecule has 0 aliphatic heterocycles. The van der Waals surface area contributed by atoms with E-state index in [2.05, 4.69) is 30.9 Å². The van der Waals surface area contributed by atoms with E-state index in [9.17, 15) is 0 Å². The molecule has 0 unspecified atom stereocenters. The molecule has 3 heteroatoms. The fourth-order valence-electron chi connectivity index (χ4n) is 2.96. The van der Waals surface area contributed by atoms with Gasteiger partial charge in [0.05, 0.1) is 0 Å². The van der Waals surface area contributed by atoms with Gasteiger partial charge in [-0.05, 0) is 0 Å². The topological polar surface area (TPSA) is 9.23 Å². The number of hydrogen-bond acceptors (Lipinski definition) is 1. The van der Waals surface area contributed by atoms with Crippen molar-refractivity contribution in [1.29, 1.82) is 0 Å². The second-order valence-electron chi connectivity index (χ2n) is 6.40. The number of unbranched alkanes of at least 4 members (excludes halogenated alkanes) is 3. The van der Waals surface area contributed by atoms with Crippen LogP contribution >= 0.6 is 11.6 Å². The van der Waals surface area contributed by atoms with E-state index in [1.165, 1.54) is 51.8 Å². The Morgan fingerprint density at radius 1 is 0.955 bits per heavy atom. The van der Waals surface area contributed by atoms with Crippen LogP contribution in [0.4, 0.5) is 0 Å². The van der Waals surface area contributed by atoms with Gasteiger partial charge in [0.15, 0.2) is 0 Å². The third-order valence-corrected chi connectivity index (χ3v) is 18.8. The molecule has 0 bridgehead atoms. The van der Waals surface area contributed by atoms with E-state index in [-0.39, 0.29) is 6.10 Å². The van der Waals surface area contributed by atoms with Gasteiger partial charge in [-0.25, -0.2) is 0 Å². The first-order valence-electron chi connectivity index (χ1n) is 9.15. The molecule has 0 spiro atoms. The maximum atomic E-state index is 5.65. The first kappa shape index (κ1) is 22.5. The second-order valence-corrected chi connectivity index (χ2v) is 19.7. The van der Waals surface area contributed by atoms with Crippen molar-refractivity contribution in [2.24, 2.45) is 0 Å². The summed E-state index contributed by atoms with van der Waals surface area (Å²) in [6, 6.07) is 0. The molecule has 0 amide bonds. The van der Waals surface area contributed by atoms with Crippen molar-refractivity contribution in [3.8, 4) is 0 Å². The molecule has 22 heavy (non-hydrogen) atoms. The molecular formula is C19H37ClOSn. The van der Waals surface area contributed by atoms with Crippen LogP contribution in [0.2, 0.25) is 13.3 Å². The van der Waals surface area contributed by atoms with E-state index in [0.717, 1.165) is 6.42 Å². The van der Waals surface area contributed by atoms with Crippen LogP contribution in [-0.4, -0.2) is 31.6 Å². The fourth-order valence-corrected chi connectivity index (χ4v) is 17.5. The summed E-state index contributed by atoms with van der Waals surface area (Å²) in [5.41, 5.74) is 1.60. The summed E-state index contributed by atoms with van der Waals surface area (Å²) in [5, 5.41) is 0. The Bertz CT molecular complexity index is 280. The molecule has 0 N–H and O–H groups in total. The quantitative estimate of drug-likeness (QED) is 0.265. The molecule has 0 saturated heterocycles. The number of halogens is 1. The third-order valence-electron chi connectivity index (χ3n) is 4.51. The molecule has 0 aromatic rings. The van der Waals surface area contributed by atoms with Gasteiger partial charge < -0.3 is 0 Å². The Kier molecular flexibility index (Phi) is 15.4. The van der Waals surface area contributed by atoms with Crippen molar-refractivity contribution in [3.05, 3.63) is 21.8 Å². The molecule has 1 nitrogen and oxygen atoms in total. The number of hydrogen-bond donors (Lipinski definition) is 0. The Hall–Kier alpha value is 0.529. The zero-order chi connectivity index (χ0) is 16.7. The van der Waals surface area contributed by atoms with Gasteiger partial charge in [-0.15, -0.1) is 0 Å². The van der Waals surface area contributed by atoms with Gasteiger partial charge >= 0.3 is 149 Å². The van der Waals surface area contributed by atoms with Gasteiger partial charge in [-0.2, -0.15) is 0 Å². The van der Waals surface area contributed by atoms with Crippen molar-refractivity contribution < 1.29 is 4.74 Å². The molecule has 0 radical (unpaired) electrons. The fraction of sp³-hybridized carbons (Fsp3) is 0.789. The van der Waals surface area contributed by atoms with Crippen LogP contribution in [0.25, 0.3) is 0 Å². The van der Waals surface area contributed by atoms with Crippen molar-refractivity contribution in [2.75, 3.05) is 7.11 Å². The predicted octanol–water partition coefficient (Wildman–Crippen LogP) is 7.09. The van der Waals surface area contributed by atoms with Crippen LogP contribution in [0, 0.1) is 0 Å². The van der Waals surface area contributed by atoms with Gasteiger partial charge in [0, 0.05) is 0 Å². The van der Waals surface area contributed by atoms with E-state index in [1.807, 2.05) is 6.08 Å². The molecule has 1 atom stereocenters. The van der Waals surface area contributed by atoms with E-state index in [1.54, 1.807) is 12.6 Å². The van der Waals surface area contributed by atoms with Crippen LogP contribution in [0.5, 0.6) is 0 Å². The Labute approximate surface area is 148 Å². The summed E-state index contributed by atoms with van der Waals surface area (Å²) in [5.74, 6) is 0. The van der Waals surface area contributed by atoms with Gasteiger partial charge in [0.2, 0.25) is 0 Å². The number of methoxy groups -OCH3 is 1. The predicted molar refractivity (Wildman–Crippen MR) is 104 cm³/mol. The van der Waals surface area contributed by atoms with E-state index in [4.69, 9.17) is 16.3 Å². The van der Waals surface area contributed by atoms with Crippen LogP contribution in [0.3, 0.4) is 0 Å². The zero-order valence-electron chi connectivity index (χ0n) is 15.2. The average Bonchev–Trinajstić information content (AvgIpc) is 2.55. The first-order valence-corrected chi connectivity index (χ1v) is 17.3. The van der Waals surface area contributed by atoms with Crippen molar-refractivity contribution in [2.45, 2.75) is 85.1 Å². The molecule has 0 aliphatic rings. The van der Waals surface area contributed by atoms with Gasteiger partial charge in [0.1, 0.15) is 0 Å². The molecule has 0 heterocycles. The average molecular weight is 436 g/mol. The second kappa shape index (κ2) is 15.1. The molecule has 0 aliphatic carbocycles. The van der Waals surface area contributed by atoms with Crippen molar-refractivity contribution in [3.63, 3.8) is 0 Å². The summed E-state index contributed by atoms with van der Waals surface area (Å²) >= 11 is 3.51. The van der Waals surface area contributed by atoms with Crippen LogP contribution < -0.4 is 0 Å². The Balaban J connectivity index is 5.02. The number of rotatable bonds is 14. The minimum absolute atomic E-state index is 0.191. The van der Waals surface area contributed by atoms with E-state index >= 15 is 0 Å². The maximum absolute atomic E-state index is 5.65. The summed E-state index contributed by atoms with van der Waals surface area (Å²) in [7, 11) is 1.80. The van der Waals surface area contributed by atoms with Gasteiger partial charge in [0.25, 0.3) is 0 Å². The summed E-state index contributed by atoms with van der Waals surface area (Å²) in [6.45, 7) is 6.97. The molecule has 0 rings (SSSR count). The standard InChI is InChI=1S/C7H10ClO.3C4H9.Sn/c1-3-7(9-2)5-4-6-8;3*1-3-4-2;/h1,3-4,6-7H,5H2,2H3;3*1,3-4H2,2H3;/b3-1?,6-4+;;;;/t7-;;;;/m0..../s1. The summed E-state index contributed by atoms with van der Waals surface area (Å²) in [4.78, 5) is 0. The zero-order valence-corrected chi connectivity index (χ0v) is 18.9. The molecule has 0 saturated carbocycles. The minimum atomic E-state index is -2.14. The summed E-state index contributed by atoms with van der Waals surface area (Å²) in [6.07, 6.45) is 13.6. The van der Waals surface area contributed by atoms with E-state index in [0.29, 0.717) is 0 Å². The third kappa shape index (κ3) is 10.3. The normalized spacial score (nSPS) is 14.2. The van der Waals surface area contributed by atoms with Crippen LogP contribution in [0.15, 0.2) is 21.8 Å². The molecule has 0 aromatic carbocycles. The molecule has 0 fully saturated rings. The van der Waals surface area contributed by atoms with Crippen molar-refractivity contribution >= 4 is 30.0 Å². The molecule has 130 valence electrons. The SMILES string of the molecule is CCC[CH2][Sn](/[CH]=C/[C@@H](C/C=C/Cl)OC)([CH2]CCC)[CH2]CCC. The summed E-state index contributed by atoms with van der Waals surface area (Å²) < 4.78 is 12.8. The monoisotopic (exact) mass is 436 g/mol. The number of ether oxygens (including phenoxy) is 1. The van der Waals surface area contributed by atoms with Crippen LogP contribution in [-0.2, 0) is 4.74 Å². The van der Waals surface area contributed by atoms with Crippen molar-refractivity contribution in [1.82, 2.24) is 0 Å². The van der Waals surface area contributed by atoms with Crippen LogP contribution in [0.1, 0.15) is 65.7 Å². The van der Waals surface area contributed by atoms with E-state index < -0.39 is 18.4 Å². The van der Waals surface area contributed by atoms with Gasteiger partial charge in [-0.1, -0.05) is 0 Å².